The van der Waals surface area contributed by atoms with Gasteiger partial charge in [-0.15, -0.1) is 0 Å². The van der Waals surface area contributed by atoms with Crippen LogP contribution in [-0.4, -0.2) is 0 Å². The smallest absolute Gasteiger partial charge is 0.0178 e. The van der Waals surface area contributed by atoms with E-state index in [4.69, 9.17) is 0 Å². The Bertz CT molecular complexity index is 1440. The van der Waals surface area contributed by atoms with Crippen LogP contribution < -0.4 is 0 Å². The summed E-state index contributed by atoms with van der Waals surface area (Å²) in [4.78, 5) is 0. The summed E-state index contributed by atoms with van der Waals surface area (Å²) in [5.41, 5.74) is 13.0. The summed E-state index contributed by atoms with van der Waals surface area (Å²) in [6.45, 7) is 16.6. The van der Waals surface area contributed by atoms with Crippen molar-refractivity contribution in [3.05, 3.63) is 105 Å². The van der Waals surface area contributed by atoms with Crippen molar-refractivity contribution in [1.29, 1.82) is 0 Å². The molecular weight excluding hydrogens is 488 g/mol. The average Bonchev–Trinajstić information content (AvgIpc) is 3.17. The minimum Gasteiger partial charge on any atom is -0.0761 e. The second-order valence-electron chi connectivity index (χ2n) is 12.9. The fourth-order valence-corrected chi connectivity index (χ4v) is 7.15. The molecule has 0 saturated carbocycles. The zero-order valence-electron chi connectivity index (χ0n) is 22.0. The first kappa shape index (κ1) is 23.0. The molecule has 0 aromatic heterocycles. The highest BCUT2D eigenvalue weighted by Crippen LogP contribution is 2.56. The van der Waals surface area contributed by atoms with E-state index in [0.29, 0.717) is 11.8 Å². The number of hydrogen-bond donors (Lipinski definition) is 0. The Morgan fingerprint density at radius 3 is 2.03 bits per heavy atom. The third-order valence-corrected chi connectivity index (χ3v) is 9.50. The molecule has 0 nitrogen and oxygen atoms in total. The summed E-state index contributed by atoms with van der Waals surface area (Å²) in [6.07, 6.45) is 7.41. The van der Waals surface area contributed by atoms with E-state index >= 15 is 0 Å². The summed E-state index contributed by atoms with van der Waals surface area (Å²) < 4.78 is 1.15. The first-order chi connectivity index (χ1) is 16.4. The number of benzene rings is 3. The summed E-state index contributed by atoms with van der Waals surface area (Å²) >= 11 is 3.68. The van der Waals surface area contributed by atoms with Crippen molar-refractivity contribution in [2.45, 2.75) is 65.2 Å². The van der Waals surface area contributed by atoms with Crippen molar-refractivity contribution >= 4 is 15.9 Å². The van der Waals surface area contributed by atoms with Gasteiger partial charge in [-0.05, 0) is 85.0 Å². The highest BCUT2D eigenvalue weighted by Gasteiger charge is 2.46. The Hall–Kier alpha value is -2.38. The lowest BCUT2D eigenvalue weighted by Crippen LogP contribution is -2.27. The molecule has 0 heterocycles. The zero-order chi connectivity index (χ0) is 24.9. The molecule has 6 rings (SSSR count). The van der Waals surface area contributed by atoms with Crippen molar-refractivity contribution in [3.8, 4) is 22.3 Å². The minimum atomic E-state index is -0.00561. The van der Waals surface area contributed by atoms with Gasteiger partial charge in [-0.2, -0.15) is 0 Å². The number of rotatable bonds is 1. The van der Waals surface area contributed by atoms with Gasteiger partial charge in [0.1, 0.15) is 0 Å². The van der Waals surface area contributed by atoms with Crippen LogP contribution in [0.25, 0.3) is 22.3 Å². The molecule has 0 aliphatic heterocycles. The predicted molar refractivity (Wildman–Crippen MR) is 153 cm³/mol. The van der Waals surface area contributed by atoms with Gasteiger partial charge < -0.3 is 0 Å². The second-order valence-corrected chi connectivity index (χ2v) is 13.8. The average molecular weight is 524 g/mol. The monoisotopic (exact) mass is 522 g/mol. The van der Waals surface area contributed by atoms with Gasteiger partial charge in [0, 0.05) is 15.8 Å². The second kappa shape index (κ2) is 7.32. The molecule has 0 bridgehead atoms. The van der Waals surface area contributed by atoms with E-state index in [2.05, 4.69) is 137 Å². The van der Waals surface area contributed by atoms with Crippen LogP contribution in [-0.2, 0) is 10.8 Å². The molecule has 0 amide bonds. The predicted octanol–water partition coefficient (Wildman–Crippen LogP) is 9.96. The molecule has 3 aliphatic rings. The van der Waals surface area contributed by atoms with Gasteiger partial charge in [-0.25, -0.2) is 0 Å². The van der Waals surface area contributed by atoms with Gasteiger partial charge in [-0.1, -0.05) is 119 Å². The van der Waals surface area contributed by atoms with Gasteiger partial charge in [0.05, 0.1) is 0 Å². The van der Waals surface area contributed by atoms with E-state index < -0.39 is 0 Å². The van der Waals surface area contributed by atoms with Crippen LogP contribution in [0.5, 0.6) is 0 Å². The highest BCUT2D eigenvalue weighted by molar-refractivity contribution is 9.10. The standard InChI is InChI=1S/C34H35Br/c1-32(2,3)22-10-14-26-24-12-8-20(16-28(24)33(4,5)30(26)18-22)21-9-13-25-27-15-11-23(35)19-31(27)34(6,7)29(25)17-21/h8-19,26,30H,1-7H3. The van der Waals surface area contributed by atoms with Crippen LogP contribution in [0.4, 0.5) is 0 Å². The summed E-state index contributed by atoms with van der Waals surface area (Å²) in [7, 11) is 0. The van der Waals surface area contributed by atoms with Crippen LogP contribution in [0.3, 0.4) is 0 Å². The molecule has 178 valence electrons. The van der Waals surface area contributed by atoms with Gasteiger partial charge in [0.25, 0.3) is 0 Å². The van der Waals surface area contributed by atoms with E-state index in [1.54, 1.807) is 0 Å². The Balaban J connectivity index is 1.43. The molecule has 0 fully saturated rings. The molecule has 2 unspecified atom stereocenters. The van der Waals surface area contributed by atoms with Crippen molar-refractivity contribution in [3.63, 3.8) is 0 Å². The molecule has 1 heteroatoms. The molecule has 0 radical (unpaired) electrons. The van der Waals surface area contributed by atoms with E-state index in [0.717, 1.165) is 4.47 Å². The largest absolute Gasteiger partial charge is 0.0761 e. The van der Waals surface area contributed by atoms with E-state index in [9.17, 15) is 0 Å². The van der Waals surface area contributed by atoms with Crippen molar-refractivity contribution in [2.75, 3.05) is 0 Å². The topological polar surface area (TPSA) is 0 Å². The Labute approximate surface area is 219 Å². The number of halogens is 1. The minimum absolute atomic E-state index is 0.00561. The Morgan fingerprint density at radius 2 is 1.34 bits per heavy atom. The molecule has 35 heavy (non-hydrogen) atoms. The first-order valence-corrected chi connectivity index (χ1v) is 13.7. The Kier molecular flexibility index (Phi) is 4.82. The van der Waals surface area contributed by atoms with Crippen LogP contribution in [0.1, 0.15) is 76.6 Å². The summed E-state index contributed by atoms with van der Waals surface area (Å²) in [6, 6.07) is 21.1. The quantitative estimate of drug-likeness (QED) is 0.298. The fraction of sp³-hybridized carbons (Fsp3) is 0.353. The molecule has 0 N–H and O–H groups in total. The van der Waals surface area contributed by atoms with E-state index in [-0.39, 0.29) is 16.2 Å². The lowest BCUT2D eigenvalue weighted by atomic mass is 9.70. The fourth-order valence-electron chi connectivity index (χ4n) is 6.79. The highest BCUT2D eigenvalue weighted by atomic mass is 79.9. The molecule has 0 spiro atoms. The maximum atomic E-state index is 3.68. The third kappa shape index (κ3) is 3.30. The maximum Gasteiger partial charge on any atom is 0.0178 e. The van der Waals surface area contributed by atoms with E-state index in [1.165, 1.54) is 50.1 Å². The van der Waals surface area contributed by atoms with Crippen LogP contribution >= 0.6 is 15.9 Å². The summed E-state index contributed by atoms with van der Waals surface area (Å²) in [5.74, 6) is 0.992. The number of allylic oxidation sites excluding steroid dienone is 4. The van der Waals surface area contributed by atoms with Gasteiger partial charge >= 0.3 is 0 Å². The first-order valence-electron chi connectivity index (χ1n) is 12.9. The molecule has 2 atom stereocenters. The van der Waals surface area contributed by atoms with Crippen LogP contribution in [0.2, 0.25) is 0 Å². The van der Waals surface area contributed by atoms with Gasteiger partial charge in [0.2, 0.25) is 0 Å². The SMILES string of the molecule is CC(C)(C)C1=CC2C(C=C1)c1ccc(-c3ccc4c(c3)C(C)(C)c3cc(Br)ccc3-4)cc1C2(C)C. The Morgan fingerprint density at radius 1 is 0.743 bits per heavy atom. The van der Waals surface area contributed by atoms with Crippen LogP contribution in [0, 0.1) is 11.3 Å². The van der Waals surface area contributed by atoms with Gasteiger partial charge in [-0.3, -0.25) is 0 Å². The van der Waals surface area contributed by atoms with Crippen molar-refractivity contribution < 1.29 is 0 Å². The molecule has 0 saturated heterocycles. The molecular formula is C34H35Br. The lowest BCUT2D eigenvalue weighted by Gasteiger charge is -2.34. The van der Waals surface area contributed by atoms with E-state index in [1.807, 2.05) is 0 Å². The summed E-state index contributed by atoms with van der Waals surface area (Å²) in [5, 5.41) is 0. The maximum absolute atomic E-state index is 3.68. The molecule has 3 aromatic rings. The van der Waals surface area contributed by atoms with Gasteiger partial charge in [0.15, 0.2) is 0 Å². The lowest BCUT2D eigenvalue weighted by molar-refractivity contribution is 0.382. The zero-order valence-corrected chi connectivity index (χ0v) is 23.5. The molecule has 3 aromatic carbocycles. The van der Waals surface area contributed by atoms with Crippen LogP contribution in [0.15, 0.2) is 82.9 Å². The number of fused-ring (bicyclic) bond motifs is 6. The normalized spacial score (nSPS) is 22.8. The van der Waals surface area contributed by atoms with Crippen molar-refractivity contribution in [1.82, 2.24) is 0 Å². The third-order valence-electron chi connectivity index (χ3n) is 9.01. The number of hydrogen-bond acceptors (Lipinski definition) is 0. The molecule has 3 aliphatic carbocycles. The van der Waals surface area contributed by atoms with Crippen molar-refractivity contribution in [2.24, 2.45) is 11.3 Å².